The SMILES string of the molecule is COc1cccc(N2C(=O)C(=O)/C(=C(\O)c3ccc4c(c3)CCCO4)C2c2ccc(O)c(Cl)c2)c1. The molecule has 8 heteroatoms. The summed E-state index contributed by atoms with van der Waals surface area (Å²) in [5, 5.41) is 21.4. The van der Waals surface area contributed by atoms with Gasteiger partial charge >= 0.3 is 0 Å². The maximum absolute atomic E-state index is 13.3. The molecule has 2 heterocycles. The number of aliphatic hydroxyl groups is 1. The number of amides is 1. The van der Waals surface area contributed by atoms with Gasteiger partial charge in [0.2, 0.25) is 0 Å². The Bertz CT molecular complexity index is 1380. The number of ether oxygens (including phenoxy) is 2. The number of anilines is 1. The number of phenolic OH excluding ortho intramolecular Hbond substituents is 1. The number of ketones is 1. The van der Waals surface area contributed by atoms with E-state index >= 15 is 0 Å². The second kappa shape index (κ2) is 9.00. The largest absolute Gasteiger partial charge is 0.507 e. The summed E-state index contributed by atoms with van der Waals surface area (Å²) in [6, 6.07) is 15.4. The number of aliphatic hydroxyl groups excluding tert-OH is 1. The van der Waals surface area contributed by atoms with E-state index in [4.69, 9.17) is 21.1 Å². The Balaban J connectivity index is 1.71. The molecule has 1 atom stereocenters. The van der Waals surface area contributed by atoms with Crippen molar-refractivity contribution in [2.24, 2.45) is 0 Å². The summed E-state index contributed by atoms with van der Waals surface area (Å²) in [7, 11) is 1.50. The third kappa shape index (κ3) is 3.98. The van der Waals surface area contributed by atoms with Crippen molar-refractivity contribution < 1.29 is 29.3 Å². The highest BCUT2D eigenvalue weighted by Crippen LogP contribution is 2.44. The lowest BCUT2D eigenvalue weighted by Gasteiger charge is -2.26. The number of nitrogens with zero attached hydrogens (tertiary/aromatic N) is 1. The highest BCUT2D eigenvalue weighted by Gasteiger charge is 2.47. The Morgan fingerprint density at radius 3 is 2.71 bits per heavy atom. The third-order valence-corrected chi connectivity index (χ3v) is 6.55. The molecule has 5 rings (SSSR count). The van der Waals surface area contributed by atoms with Crippen LogP contribution in [-0.2, 0) is 16.0 Å². The number of halogens is 1. The molecule has 7 nitrogen and oxygen atoms in total. The van der Waals surface area contributed by atoms with E-state index in [9.17, 15) is 19.8 Å². The van der Waals surface area contributed by atoms with Crippen LogP contribution in [0.1, 0.15) is 29.2 Å². The first-order valence-electron chi connectivity index (χ1n) is 11.1. The lowest BCUT2D eigenvalue weighted by Crippen LogP contribution is -2.29. The Morgan fingerprint density at radius 2 is 1.94 bits per heavy atom. The molecule has 2 N–H and O–H groups in total. The molecule has 35 heavy (non-hydrogen) atoms. The Hall–Kier alpha value is -3.97. The lowest BCUT2D eigenvalue weighted by molar-refractivity contribution is -0.132. The molecule has 0 radical (unpaired) electrons. The zero-order valence-electron chi connectivity index (χ0n) is 18.8. The van der Waals surface area contributed by atoms with Gasteiger partial charge in [0.15, 0.2) is 0 Å². The first kappa shape index (κ1) is 22.8. The maximum Gasteiger partial charge on any atom is 0.300 e. The van der Waals surface area contributed by atoms with Crippen LogP contribution in [0.15, 0.2) is 66.2 Å². The average molecular weight is 492 g/mol. The van der Waals surface area contributed by atoms with E-state index in [1.807, 2.05) is 0 Å². The highest BCUT2D eigenvalue weighted by molar-refractivity contribution is 6.51. The van der Waals surface area contributed by atoms with Crippen LogP contribution >= 0.6 is 11.6 Å². The third-order valence-electron chi connectivity index (χ3n) is 6.25. The molecule has 0 bridgehead atoms. The van der Waals surface area contributed by atoms with Crippen molar-refractivity contribution in [3.63, 3.8) is 0 Å². The molecule has 3 aromatic rings. The van der Waals surface area contributed by atoms with Gasteiger partial charge in [-0.3, -0.25) is 14.5 Å². The van der Waals surface area contributed by atoms with Gasteiger partial charge in [-0.15, -0.1) is 0 Å². The molecule has 2 aliphatic rings. The van der Waals surface area contributed by atoms with Crippen LogP contribution in [0.25, 0.3) is 5.76 Å². The van der Waals surface area contributed by atoms with Crippen LogP contribution in [0.5, 0.6) is 17.2 Å². The minimum Gasteiger partial charge on any atom is -0.507 e. The van der Waals surface area contributed by atoms with Gasteiger partial charge in [0.1, 0.15) is 23.0 Å². The van der Waals surface area contributed by atoms with Gasteiger partial charge in [0, 0.05) is 17.3 Å². The Labute approximate surface area is 206 Å². The predicted octanol–water partition coefficient (Wildman–Crippen LogP) is 5.01. The van der Waals surface area contributed by atoms with Crippen LogP contribution in [0.3, 0.4) is 0 Å². The van der Waals surface area contributed by atoms with Crippen LogP contribution < -0.4 is 14.4 Å². The Kier molecular flexibility index (Phi) is 5.86. The fourth-order valence-electron chi connectivity index (χ4n) is 4.53. The second-order valence-corrected chi connectivity index (χ2v) is 8.76. The van der Waals surface area contributed by atoms with Crippen LogP contribution in [0, 0.1) is 0 Å². The van der Waals surface area contributed by atoms with Crippen molar-refractivity contribution in [2.45, 2.75) is 18.9 Å². The molecule has 1 amide bonds. The van der Waals surface area contributed by atoms with Gasteiger partial charge in [0.25, 0.3) is 11.7 Å². The number of fused-ring (bicyclic) bond motifs is 1. The van der Waals surface area contributed by atoms with Gasteiger partial charge in [-0.1, -0.05) is 23.7 Å². The van der Waals surface area contributed by atoms with E-state index in [0.29, 0.717) is 29.2 Å². The van der Waals surface area contributed by atoms with Crippen LogP contribution in [0.2, 0.25) is 5.02 Å². The number of aryl methyl sites for hydroxylation is 1. The van der Waals surface area contributed by atoms with Gasteiger partial charge in [0.05, 0.1) is 30.4 Å². The summed E-state index contributed by atoms with van der Waals surface area (Å²) >= 11 is 6.18. The number of hydrogen-bond acceptors (Lipinski definition) is 6. The van der Waals surface area contributed by atoms with E-state index in [1.54, 1.807) is 48.5 Å². The van der Waals surface area contributed by atoms with Crippen molar-refractivity contribution in [2.75, 3.05) is 18.6 Å². The van der Waals surface area contributed by atoms with Crippen LogP contribution in [0.4, 0.5) is 5.69 Å². The summed E-state index contributed by atoms with van der Waals surface area (Å²) in [5.41, 5.74) is 2.13. The highest BCUT2D eigenvalue weighted by atomic mass is 35.5. The average Bonchev–Trinajstić information content (AvgIpc) is 3.15. The maximum atomic E-state index is 13.3. The lowest BCUT2D eigenvalue weighted by atomic mass is 9.93. The number of phenols is 1. The van der Waals surface area contributed by atoms with Gasteiger partial charge in [-0.2, -0.15) is 0 Å². The first-order chi connectivity index (χ1) is 16.9. The summed E-state index contributed by atoms with van der Waals surface area (Å²) in [5.74, 6) is -0.809. The molecule has 1 saturated heterocycles. The molecule has 2 aliphatic heterocycles. The quantitative estimate of drug-likeness (QED) is 0.303. The molecule has 0 saturated carbocycles. The smallest absolute Gasteiger partial charge is 0.300 e. The summed E-state index contributed by atoms with van der Waals surface area (Å²) < 4.78 is 11.0. The molecular formula is C27H22ClNO6. The van der Waals surface area contributed by atoms with Gasteiger partial charge in [-0.05, 0) is 66.4 Å². The molecule has 3 aromatic carbocycles. The minimum atomic E-state index is -0.979. The molecule has 0 spiro atoms. The van der Waals surface area contributed by atoms with Gasteiger partial charge < -0.3 is 19.7 Å². The molecule has 0 aromatic heterocycles. The van der Waals surface area contributed by atoms with Crippen molar-refractivity contribution in [3.05, 3.63) is 87.9 Å². The number of aromatic hydroxyl groups is 1. The number of rotatable bonds is 4. The zero-order chi connectivity index (χ0) is 24.7. The van der Waals surface area contributed by atoms with Gasteiger partial charge in [-0.25, -0.2) is 0 Å². The van der Waals surface area contributed by atoms with E-state index < -0.39 is 17.7 Å². The number of hydrogen-bond donors (Lipinski definition) is 2. The number of methoxy groups -OCH3 is 1. The number of Topliss-reactive ketones (excluding diaryl/α,β-unsaturated/α-hetero) is 1. The molecule has 178 valence electrons. The summed E-state index contributed by atoms with van der Waals surface area (Å²) in [4.78, 5) is 27.9. The predicted molar refractivity (Wildman–Crippen MR) is 131 cm³/mol. The second-order valence-electron chi connectivity index (χ2n) is 8.36. The normalized spacial score (nSPS) is 18.8. The minimum absolute atomic E-state index is 0.0599. The summed E-state index contributed by atoms with van der Waals surface area (Å²) in [6.07, 6.45) is 1.63. The van der Waals surface area contributed by atoms with Crippen molar-refractivity contribution in [1.82, 2.24) is 0 Å². The van der Waals surface area contributed by atoms with Crippen LogP contribution in [-0.4, -0.2) is 35.6 Å². The Morgan fingerprint density at radius 1 is 1.11 bits per heavy atom. The fraction of sp³-hybridized carbons (Fsp3) is 0.185. The number of benzene rings is 3. The summed E-state index contributed by atoms with van der Waals surface area (Å²) in [6.45, 7) is 0.631. The van der Waals surface area contributed by atoms with Crippen molar-refractivity contribution >= 4 is 34.7 Å². The van der Waals surface area contributed by atoms with E-state index in [2.05, 4.69) is 0 Å². The van der Waals surface area contributed by atoms with Crippen molar-refractivity contribution in [1.29, 1.82) is 0 Å². The molecule has 1 fully saturated rings. The monoisotopic (exact) mass is 491 g/mol. The van der Waals surface area contributed by atoms with Crippen molar-refractivity contribution in [3.8, 4) is 17.2 Å². The topological polar surface area (TPSA) is 96.3 Å². The first-order valence-corrected chi connectivity index (χ1v) is 11.5. The van der Waals surface area contributed by atoms with E-state index in [0.717, 1.165) is 24.2 Å². The fourth-order valence-corrected chi connectivity index (χ4v) is 4.72. The molecule has 0 aliphatic carbocycles. The molecular weight excluding hydrogens is 470 g/mol. The zero-order valence-corrected chi connectivity index (χ0v) is 19.6. The van der Waals surface area contributed by atoms with E-state index in [1.165, 1.54) is 24.1 Å². The molecule has 1 unspecified atom stereocenters. The number of carbonyl (C=O) groups excluding carboxylic acids is 2. The number of carbonyl (C=O) groups is 2. The standard InChI is InChI=1S/C27H22ClNO6/c1-34-19-6-2-5-18(14-19)29-24(16-7-9-21(30)20(28)13-16)23(26(32)27(29)33)25(31)17-8-10-22-15(12-17)4-3-11-35-22/h2,5-10,12-14,24,30-31H,3-4,11H2,1H3/b25-23-. The van der Waals surface area contributed by atoms with E-state index in [-0.39, 0.29) is 22.1 Å².